The van der Waals surface area contributed by atoms with Crippen LogP contribution in [0.3, 0.4) is 0 Å². The first-order valence-electron chi connectivity index (χ1n) is 9.47. The molecule has 0 aliphatic heterocycles. The fourth-order valence-corrected chi connectivity index (χ4v) is 5.30. The molecule has 1 aliphatic carbocycles. The molecule has 2 N–H and O–H groups in total. The van der Waals surface area contributed by atoms with Gasteiger partial charge in [0, 0.05) is 27.9 Å². The third-order valence-electron chi connectivity index (χ3n) is 5.00. The first-order chi connectivity index (χ1) is 14.0. The van der Waals surface area contributed by atoms with E-state index in [1.54, 1.807) is 40.3 Å². The maximum absolute atomic E-state index is 13.1. The first kappa shape index (κ1) is 19.9. The van der Waals surface area contributed by atoms with Gasteiger partial charge < -0.3 is 0 Å². The second-order valence-corrected chi connectivity index (χ2v) is 9.28. The number of nitrogens with zero attached hydrogens (tertiary/aromatic N) is 2. The minimum absolute atomic E-state index is 0.00644. The highest BCUT2D eigenvalue weighted by Crippen LogP contribution is 2.47. The van der Waals surface area contributed by atoms with Crippen molar-refractivity contribution in [1.29, 1.82) is 0 Å². The number of amides is 1. The Bertz CT molecular complexity index is 1050. The summed E-state index contributed by atoms with van der Waals surface area (Å²) in [7, 11) is 0. The van der Waals surface area contributed by atoms with E-state index in [-0.39, 0.29) is 11.7 Å². The lowest BCUT2D eigenvalue weighted by atomic mass is 9.93. The third-order valence-corrected chi connectivity index (χ3v) is 7.32. The van der Waals surface area contributed by atoms with Crippen molar-refractivity contribution in [2.24, 2.45) is 0 Å². The Morgan fingerprint density at radius 2 is 1.93 bits per heavy atom. The number of ketones is 1. The minimum atomic E-state index is -0.554. The Balaban J connectivity index is 1.53. The fraction of sp³-hybridized carbons (Fsp3) is 0.333. The number of nitrogens with one attached hydrogen (secondary N) is 1. The number of carbonyl (C=O) groups excluding carboxylic acids is 2. The molecule has 1 amide bonds. The van der Waals surface area contributed by atoms with Crippen LogP contribution in [0.2, 0.25) is 0 Å². The van der Waals surface area contributed by atoms with E-state index in [1.807, 2.05) is 31.4 Å². The lowest BCUT2D eigenvalue weighted by molar-refractivity contribution is 0.0706. The molecule has 150 valence electrons. The second-order valence-electron chi connectivity index (χ2n) is 7.39. The number of carbonyl (C=O) groups is 2. The Morgan fingerprint density at radius 3 is 2.52 bits per heavy atom. The molecule has 0 spiro atoms. The molecule has 0 unspecified atom stereocenters. The number of benzene rings is 1. The highest BCUT2D eigenvalue weighted by molar-refractivity contribution is 7.21. The van der Waals surface area contributed by atoms with Gasteiger partial charge in [0.25, 0.3) is 5.91 Å². The lowest BCUT2D eigenvalue weighted by Crippen LogP contribution is -2.18. The number of hydrogen-bond donors (Lipinski definition) is 2. The number of Topliss-reactive ketones (excluding diaryl/α,β-unsaturated/α-hetero) is 1. The van der Waals surface area contributed by atoms with Crippen LogP contribution in [0.15, 0.2) is 29.6 Å². The molecule has 6 nitrogen and oxygen atoms in total. The largest absolute Gasteiger partial charge is 0.292 e. The normalized spacial score (nSPS) is 14.6. The van der Waals surface area contributed by atoms with Crippen molar-refractivity contribution in [2.75, 3.05) is 0 Å². The molecule has 8 heteroatoms. The van der Waals surface area contributed by atoms with Crippen LogP contribution in [-0.2, 0) is 0 Å². The van der Waals surface area contributed by atoms with E-state index in [2.05, 4.69) is 9.97 Å². The monoisotopic (exact) mass is 427 g/mol. The van der Waals surface area contributed by atoms with Crippen LogP contribution in [0.5, 0.6) is 0 Å². The van der Waals surface area contributed by atoms with Crippen molar-refractivity contribution in [1.82, 2.24) is 15.4 Å². The second kappa shape index (κ2) is 8.14. The minimum Gasteiger partial charge on any atom is -0.292 e. The van der Waals surface area contributed by atoms with Crippen molar-refractivity contribution in [3.8, 4) is 10.0 Å². The van der Waals surface area contributed by atoms with Crippen molar-refractivity contribution < 1.29 is 14.8 Å². The molecular formula is C21H21N3O3S2. The number of hydrogen-bond acceptors (Lipinski definition) is 7. The molecule has 3 aromatic rings. The van der Waals surface area contributed by atoms with Gasteiger partial charge in [-0.1, -0.05) is 19.1 Å². The molecule has 29 heavy (non-hydrogen) atoms. The zero-order valence-electron chi connectivity index (χ0n) is 16.1. The smallest absolute Gasteiger partial charge is 0.274 e. The molecule has 1 fully saturated rings. The number of rotatable bonds is 7. The van der Waals surface area contributed by atoms with Gasteiger partial charge in [0.15, 0.2) is 15.8 Å². The van der Waals surface area contributed by atoms with E-state index in [4.69, 9.17) is 5.21 Å². The molecule has 1 atom stereocenters. The summed E-state index contributed by atoms with van der Waals surface area (Å²) in [4.78, 5) is 34.8. The van der Waals surface area contributed by atoms with E-state index in [1.165, 1.54) is 0 Å². The van der Waals surface area contributed by atoms with Crippen LogP contribution in [0.25, 0.3) is 10.0 Å². The van der Waals surface area contributed by atoms with E-state index >= 15 is 0 Å². The maximum Gasteiger partial charge on any atom is 0.274 e. The molecule has 2 aromatic heterocycles. The summed E-state index contributed by atoms with van der Waals surface area (Å²) in [5, 5.41) is 12.4. The quantitative estimate of drug-likeness (QED) is 0.316. The van der Waals surface area contributed by atoms with Gasteiger partial charge in [0.05, 0.1) is 0 Å². The van der Waals surface area contributed by atoms with Crippen LogP contribution in [0, 0.1) is 6.92 Å². The topological polar surface area (TPSA) is 92.2 Å². The first-order valence-corrected chi connectivity index (χ1v) is 11.2. The SMILES string of the molecule is Cc1csc(-c2nc(C(=O)C[C@@H](C)c3ccc(C(=O)NO)cc3)c(C3CC3)s2)n1. The summed E-state index contributed by atoms with van der Waals surface area (Å²) in [6, 6.07) is 6.91. The van der Waals surface area contributed by atoms with Gasteiger partial charge >= 0.3 is 0 Å². The van der Waals surface area contributed by atoms with Crippen LogP contribution in [0.1, 0.15) is 75.0 Å². The van der Waals surface area contributed by atoms with Crippen LogP contribution in [0.4, 0.5) is 0 Å². The molecular weight excluding hydrogens is 406 g/mol. The third kappa shape index (κ3) is 4.29. The Labute approximate surface area is 176 Å². The summed E-state index contributed by atoms with van der Waals surface area (Å²) in [6.07, 6.45) is 2.58. The van der Waals surface area contributed by atoms with E-state index in [0.717, 1.165) is 39.0 Å². The van der Waals surface area contributed by atoms with Crippen molar-refractivity contribution in [2.45, 2.75) is 44.9 Å². The van der Waals surface area contributed by atoms with Crippen LogP contribution in [-0.4, -0.2) is 26.9 Å². The van der Waals surface area contributed by atoms with Crippen LogP contribution < -0.4 is 5.48 Å². The molecule has 0 bridgehead atoms. The van der Waals surface area contributed by atoms with E-state index in [0.29, 0.717) is 23.6 Å². The van der Waals surface area contributed by atoms with E-state index in [9.17, 15) is 9.59 Å². The Morgan fingerprint density at radius 1 is 1.21 bits per heavy atom. The number of aryl methyl sites for hydroxylation is 1. The van der Waals surface area contributed by atoms with Gasteiger partial charge in [-0.15, -0.1) is 22.7 Å². The van der Waals surface area contributed by atoms with Gasteiger partial charge in [-0.25, -0.2) is 15.4 Å². The summed E-state index contributed by atoms with van der Waals surface area (Å²) < 4.78 is 0. The summed E-state index contributed by atoms with van der Waals surface area (Å²) >= 11 is 3.16. The number of thiazole rings is 2. The number of hydroxylamine groups is 1. The van der Waals surface area contributed by atoms with Crippen molar-refractivity contribution in [3.05, 3.63) is 57.0 Å². The van der Waals surface area contributed by atoms with Crippen LogP contribution >= 0.6 is 22.7 Å². The highest BCUT2D eigenvalue weighted by atomic mass is 32.1. The molecule has 1 aromatic carbocycles. The predicted molar refractivity (Wildman–Crippen MR) is 113 cm³/mol. The Hall–Kier alpha value is -2.42. The van der Waals surface area contributed by atoms with Gasteiger partial charge in [-0.05, 0) is 49.3 Å². The molecule has 1 saturated carbocycles. The molecule has 4 rings (SSSR count). The molecule has 0 saturated heterocycles. The average molecular weight is 428 g/mol. The molecule has 1 aliphatic rings. The predicted octanol–water partition coefficient (Wildman–Crippen LogP) is 4.95. The van der Waals surface area contributed by atoms with Gasteiger partial charge in [-0.3, -0.25) is 14.8 Å². The number of aromatic nitrogens is 2. The van der Waals surface area contributed by atoms with Gasteiger partial charge in [0.2, 0.25) is 0 Å². The van der Waals surface area contributed by atoms with Gasteiger partial charge in [0.1, 0.15) is 5.69 Å². The zero-order valence-corrected chi connectivity index (χ0v) is 17.8. The average Bonchev–Trinajstić information content (AvgIpc) is 3.32. The maximum atomic E-state index is 13.1. The lowest BCUT2D eigenvalue weighted by Gasteiger charge is -2.11. The standard InChI is InChI=1S/C21H21N3O3S2/c1-11(13-3-7-15(8-4-13)19(26)24-27)9-16(25)17-18(14-5-6-14)29-21(23-17)20-22-12(2)10-28-20/h3-4,7-8,10-11,14,27H,5-6,9H2,1-2H3,(H,24,26)/t11-/m1/s1. The van der Waals surface area contributed by atoms with Crippen molar-refractivity contribution in [3.63, 3.8) is 0 Å². The summed E-state index contributed by atoms with van der Waals surface area (Å²) in [5.41, 5.74) is 4.52. The summed E-state index contributed by atoms with van der Waals surface area (Å²) in [5.74, 6) is -0.0602. The molecule has 2 heterocycles. The van der Waals surface area contributed by atoms with Gasteiger partial charge in [-0.2, -0.15) is 0 Å². The molecule has 0 radical (unpaired) electrons. The zero-order chi connectivity index (χ0) is 20.5. The van der Waals surface area contributed by atoms with Crippen molar-refractivity contribution >= 4 is 34.4 Å². The van der Waals surface area contributed by atoms with E-state index < -0.39 is 5.91 Å². The Kier molecular flexibility index (Phi) is 5.58. The fourth-order valence-electron chi connectivity index (χ4n) is 3.22. The summed E-state index contributed by atoms with van der Waals surface area (Å²) in [6.45, 7) is 3.95. The highest BCUT2D eigenvalue weighted by Gasteiger charge is 2.32.